The molecule has 2 atom stereocenters. The first-order chi connectivity index (χ1) is 8.78. The number of hydrogen-bond donors (Lipinski definition) is 0. The number of hydrogen-bond acceptors (Lipinski definition) is 3. The normalized spacial score (nSPS) is 42.9. The Kier molecular flexibility index (Phi) is 4.06. The lowest BCUT2D eigenvalue weighted by Gasteiger charge is -2.48. The summed E-state index contributed by atoms with van der Waals surface area (Å²) in [4.78, 5) is 5.49. The third-order valence-electron chi connectivity index (χ3n) is 5.13. The number of piperazine rings is 1. The van der Waals surface area contributed by atoms with E-state index in [4.69, 9.17) is 0 Å². The molecule has 4 heteroatoms. The Balaban J connectivity index is 1.67. The van der Waals surface area contributed by atoms with Crippen molar-refractivity contribution in [1.82, 2.24) is 9.80 Å². The minimum atomic E-state index is -0.521. The highest BCUT2D eigenvalue weighted by molar-refractivity contribution is 7.85. The largest absolute Gasteiger partial charge is 0.298 e. The zero-order valence-corrected chi connectivity index (χ0v) is 12.3. The molecular formula is C14H26N2OS. The lowest BCUT2D eigenvalue weighted by molar-refractivity contribution is 0.0155. The van der Waals surface area contributed by atoms with Crippen LogP contribution in [0.1, 0.15) is 39.0 Å². The molecule has 0 saturated carbocycles. The predicted molar refractivity (Wildman–Crippen MR) is 76.3 cm³/mol. The Morgan fingerprint density at radius 3 is 2.61 bits per heavy atom. The van der Waals surface area contributed by atoms with Crippen molar-refractivity contribution in [2.24, 2.45) is 0 Å². The van der Waals surface area contributed by atoms with Gasteiger partial charge in [0.05, 0.1) is 0 Å². The predicted octanol–water partition coefficient (Wildman–Crippen LogP) is 1.46. The summed E-state index contributed by atoms with van der Waals surface area (Å²) in [5.41, 5.74) is 0. The first-order valence-corrected chi connectivity index (χ1v) is 9.11. The van der Waals surface area contributed by atoms with Crippen molar-refractivity contribution in [3.05, 3.63) is 0 Å². The monoisotopic (exact) mass is 270 g/mol. The molecule has 0 amide bonds. The highest BCUT2D eigenvalue weighted by Crippen LogP contribution is 2.29. The third-order valence-corrected chi connectivity index (χ3v) is 6.51. The molecule has 3 saturated heterocycles. The highest BCUT2D eigenvalue weighted by atomic mass is 32.2. The van der Waals surface area contributed by atoms with Crippen molar-refractivity contribution >= 4 is 10.8 Å². The van der Waals surface area contributed by atoms with E-state index < -0.39 is 10.8 Å². The Morgan fingerprint density at radius 2 is 1.89 bits per heavy atom. The van der Waals surface area contributed by atoms with Crippen LogP contribution >= 0.6 is 0 Å². The van der Waals surface area contributed by atoms with E-state index in [1.54, 1.807) is 0 Å². The maximum Gasteiger partial charge on any atom is 0.0249 e. The summed E-state index contributed by atoms with van der Waals surface area (Å²) in [6.45, 7) is 6.20. The van der Waals surface area contributed by atoms with E-state index in [-0.39, 0.29) is 0 Å². The van der Waals surface area contributed by atoms with Gasteiger partial charge in [0.1, 0.15) is 0 Å². The zero-order valence-electron chi connectivity index (χ0n) is 11.5. The molecule has 3 aliphatic rings. The van der Waals surface area contributed by atoms with Crippen LogP contribution in [0.2, 0.25) is 0 Å². The van der Waals surface area contributed by atoms with E-state index in [9.17, 15) is 4.21 Å². The van der Waals surface area contributed by atoms with E-state index in [1.165, 1.54) is 38.9 Å². The van der Waals surface area contributed by atoms with E-state index in [2.05, 4.69) is 16.7 Å². The Morgan fingerprint density at radius 1 is 1.11 bits per heavy atom. The van der Waals surface area contributed by atoms with Gasteiger partial charge in [0.2, 0.25) is 0 Å². The van der Waals surface area contributed by atoms with Gasteiger partial charge >= 0.3 is 0 Å². The van der Waals surface area contributed by atoms with Crippen LogP contribution in [0.3, 0.4) is 0 Å². The maximum atomic E-state index is 11.5. The average Bonchev–Trinajstić information content (AvgIpc) is 2.85. The van der Waals surface area contributed by atoms with Crippen molar-refractivity contribution in [1.29, 1.82) is 0 Å². The maximum absolute atomic E-state index is 11.5. The molecule has 0 aliphatic carbocycles. The standard InChI is InChI=1S/C14H26N2OS/c1-2-12-10-15-7-3-4-14(15)11-16(12)13-5-8-18(17)9-6-13/h12-14H,2-11H2,1H3. The minimum absolute atomic E-state index is 0.521. The molecule has 18 heavy (non-hydrogen) atoms. The van der Waals surface area contributed by atoms with Crippen molar-refractivity contribution in [2.45, 2.75) is 57.2 Å². The van der Waals surface area contributed by atoms with Crippen molar-refractivity contribution in [3.8, 4) is 0 Å². The second-order valence-electron chi connectivity index (χ2n) is 6.13. The zero-order chi connectivity index (χ0) is 12.5. The lowest BCUT2D eigenvalue weighted by Crippen LogP contribution is -2.59. The fraction of sp³-hybridized carbons (Fsp3) is 1.00. The lowest BCUT2D eigenvalue weighted by atomic mass is 9.99. The van der Waals surface area contributed by atoms with E-state index in [1.807, 2.05) is 0 Å². The summed E-state index contributed by atoms with van der Waals surface area (Å²) >= 11 is 0. The van der Waals surface area contributed by atoms with Crippen LogP contribution in [0.4, 0.5) is 0 Å². The quantitative estimate of drug-likeness (QED) is 0.759. The molecule has 3 aliphatic heterocycles. The molecule has 3 heterocycles. The SMILES string of the molecule is CCC1CN2CCCC2CN1C1CCS(=O)CC1. The van der Waals surface area contributed by atoms with Gasteiger partial charge in [-0.1, -0.05) is 6.92 Å². The second-order valence-corrected chi connectivity index (χ2v) is 7.83. The van der Waals surface area contributed by atoms with Gasteiger partial charge < -0.3 is 0 Å². The second kappa shape index (κ2) is 5.59. The van der Waals surface area contributed by atoms with Crippen LogP contribution < -0.4 is 0 Å². The van der Waals surface area contributed by atoms with Gasteiger partial charge in [-0.05, 0) is 38.6 Å². The first kappa shape index (κ1) is 13.1. The molecule has 0 aromatic carbocycles. The molecule has 0 aromatic heterocycles. The van der Waals surface area contributed by atoms with Gasteiger partial charge in [-0.3, -0.25) is 14.0 Å². The van der Waals surface area contributed by atoms with Crippen molar-refractivity contribution in [2.75, 3.05) is 31.1 Å². The average molecular weight is 270 g/mol. The molecule has 3 rings (SSSR count). The van der Waals surface area contributed by atoms with Crippen LogP contribution in [-0.4, -0.2) is 63.3 Å². The summed E-state index contributed by atoms with van der Waals surface area (Å²) in [6.07, 6.45) is 6.38. The molecule has 3 fully saturated rings. The Labute approximate surface area is 113 Å². The van der Waals surface area contributed by atoms with Crippen molar-refractivity contribution < 1.29 is 4.21 Å². The first-order valence-electron chi connectivity index (χ1n) is 7.62. The summed E-state index contributed by atoms with van der Waals surface area (Å²) in [5.74, 6) is 1.87. The molecule has 0 radical (unpaired) electrons. The molecule has 0 aromatic rings. The fourth-order valence-corrected chi connectivity index (χ4v) is 5.31. The Bertz CT molecular complexity index is 313. The molecular weight excluding hydrogens is 244 g/mol. The fourth-order valence-electron chi connectivity index (χ4n) is 4.03. The number of fused-ring (bicyclic) bond motifs is 1. The molecule has 2 unspecified atom stereocenters. The molecule has 0 spiro atoms. The van der Waals surface area contributed by atoms with Gasteiger partial charge in [0.15, 0.2) is 0 Å². The summed E-state index contributed by atoms with van der Waals surface area (Å²) in [7, 11) is -0.521. The van der Waals surface area contributed by atoms with E-state index in [0.717, 1.165) is 42.5 Å². The van der Waals surface area contributed by atoms with Gasteiger partial charge in [-0.15, -0.1) is 0 Å². The number of nitrogens with zero attached hydrogens (tertiary/aromatic N) is 2. The summed E-state index contributed by atoms with van der Waals surface area (Å²) in [6, 6.07) is 2.28. The molecule has 0 bridgehead atoms. The van der Waals surface area contributed by atoms with Crippen LogP contribution in [0.15, 0.2) is 0 Å². The smallest absolute Gasteiger partial charge is 0.0249 e. The molecule has 104 valence electrons. The van der Waals surface area contributed by atoms with Gasteiger partial charge in [-0.2, -0.15) is 0 Å². The third kappa shape index (κ3) is 2.52. The minimum Gasteiger partial charge on any atom is -0.298 e. The molecule has 3 nitrogen and oxygen atoms in total. The van der Waals surface area contributed by atoms with E-state index >= 15 is 0 Å². The molecule has 0 N–H and O–H groups in total. The number of rotatable bonds is 2. The van der Waals surface area contributed by atoms with Gasteiger partial charge in [0, 0.05) is 53.5 Å². The topological polar surface area (TPSA) is 23.6 Å². The van der Waals surface area contributed by atoms with Crippen molar-refractivity contribution in [3.63, 3.8) is 0 Å². The summed E-state index contributed by atoms with van der Waals surface area (Å²) < 4.78 is 11.5. The summed E-state index contributed by atoms with van der Waals surface area (Å²) in [5, 5.41) is 0. The van der Waals surface area contributed by atoms with Crippen LogP contribution in [0, 0.1) is 0 Å². The van der Waals surface area contributed by atoms with Crippen LogP contribution in [-0.2, 0) is 10.8 Å². The van der Waals surface area contributed by atoms with Gasteiger partial charge in [0.25, 0.3) is 0 Å². The van der Waals surface area contributed by atoms with Crippen LogP contribution in [0.5, 0.6) is 0 Å². The highest BCUT2D eigenvalue weighted by Gasteiger charge is 2.38. The van der Waals surface area contributed by atoms with Gasteiger partial charge in [-0.25, -0.2) is 0 Å². The van der Waals surface area contributed by atoms with Crippen LogP contribution in [0.25, 0.3) is 0 Å². The van der Waals surface area contributed by atoms with E-state index in [0.29, 0.717) is 0 Å². The Hall–Kier alpha value is 0.0700.